The molecule has 82 valence electrons. The van der Waals surface area contributed by atoms with E-state index in [1.165, 1.54) is 0 Å². The van der Waals surface area contributed by atoms with Crippen LogP contribution in [0.15, 0.2) is 18.2 Å². The fourth-order valence-corrected chi connectivity index (χ4v) is 1.21. The highest BCUT2D eigenvalue weighted by molar-refractivity contribution is 6.33. The average Bonchev–Trinajstić information content (AvgIpc) is 2.20. The number of hydrogen-bond acceptors (Lipinski definition) is 3. The van der Waals surface area contributed by atoms with Crippen molar-refractivity contribution in [1.82, 2.24) is 0 Å². The molecule has 0 saturated carbocycles. The van der Waals surface area contributed by atoms with Gasteiger partial charge < -0.3 is 15.8 Å². The maximum absolute atomic E-state index is 11.3. The molecule has 4 nitrogen and oxygen atoms in total. The highest BCUT2D eigenvalue weighted by Gasteiger charge is 2.05. The van der Waals surface area contributed by atoms with Crippen molar-refractivity contribution >= 4 is 28.9 Å². The third-order valence-corrected chi connectivity index (χ3v) is 2.13. The summed E-state index contributed by atoms with van der Waals surface area (Å²) in [5.41, 5.74) is 6.65. The fraction of sp³-hybridized carbons (Fsp3) is 0.300. The minimum atomic E-state index is -0.149. The number of nitrogen functional groups attached to an aromatic ring is 1. The molecule has 0 spiro atoms. The first kappa shape index (κ1) is 11.8. The molecule has 15 heavy (non-hydrogen) atoms. The maximum Gasteiger partial charge on any atom is 0.226 e. The SMILES string of the molecule is COCCC(=O)Nc1cc(N)ccc1Cl. The molecule has 0 aliphatic carbocycles. The third-order valence-electron chi connectivity index (χ3n) is 1.80. The van der Waals surface area contributed by atoms with E-state index in [1.54, 1.807) is 25.3 Å². The molecule has 1 amide bonds. The Kier molecular flexibility index (Phi) is 4.39. The smallest absolute Gasteiger partial charge is 0.226 e. The number of halogens is 1. The number of amides is 1. The van der Waals surface area contributed by atoms with Gasteiger partial charge in [0.25, 0.3) is 0 Å². The van der Waals surface area contributed by atoms with Gasteiger partial charge in [-0.1, -0.05) is 11.6 Å². The summed E-state index contributed by atoms with van der Waals surface area (Å²) >= 11 is 5.87. The van der Waals surface area contributed by atoms with Crippen molar-refractivity contribution in [1.29, 1.82) is 0 Å². The Labute approximate surface area is 93.4 Å². The number of carbonyl (C=O) groups excluding carboxylic acids is 1. The topological polar surface area (TPSA) is 64.3 Å². The van der Waals surface area contributed by atoms with Gasteiger partial charge >= 0.3 is 0 Å². The standard InChI is InChI=1S/C10H13ClN2O2/c1-15-5-4-10(14)13-9-6-7(12)2-3-8(9)11/h2-3,6H,4-5,12H2,1H3,(H,13,14). The van der Waals surface area contributed by atoms with Crippen molar-refractivity contribution in [2.45, 2.75) is 6.42 Å². The number of rotatable bonds is 4. The van der Waals surface area contributed by atoms with Gasteiger partial charge in [-0.15, -0.1) is 0 Å². The molecule has 3 N–H and O–H groups in total. The second-order valence-electron chi connectivity index (χ2n) is 3.03. The molecular formula is C10H13ClN2O2. The van der Waals surface area contributed by atoms with Crippen molar-refractivity contribution in [2.75, 3.05) is 24.8 Å². The largest absolute Gasteiger partial charge is 0.399 e. The van der Waals surface area contributed by atoms with E-state index in [0.717, 1.165) is 0 Å². The minimum absolute atomic E-state index is 0.149. The van der Waals surface area contributed by atoms with Gasteiger partial charge in [-0.05, 0) is 18.2 Å². The van der Waals surface area contributed by atoms with Crippen LogP contribution in [0.2, 0.25) is 5.02 Å². The molecule has 1 aromatic carbocycles. The zero-order valence-electron chi connectivity index (χ0n) is 8.42. The Morgan fingerprint density at radius 3 is 3.00 bits per heavy atom. The molecule has 0 aliphatic heterocycles. The Morgan fingerprint density at radius 2 is 2.33 bits per heavy atom. The highest BCUT2D eigenvalue weighted by atomic mass is 35.5. The Hall–Kier alpha value is -1.26. The zero-order chi connectivity index (χ0) is 11.3. The predicted molar refractivity (Wildman–Crippen MR) is 61.0 cm³/mol. The number of hydrogen-bond donors (Lipinski definition) is 2. The van der Waals surface area contributed by atoms with Gasteiger partial charge in [-0.25, -0.2) is 0 Å². The summed E-state index contributed by atoms with van der Waals surface area (Å²) in [6.07, 6.45) is 0.293. The van der Waals surface area contributed by atoms with Crippen LogP contribution in [0.3, 0.4) is 0 Å². The molecule has 0 bridgehead atoms. The van der Waals surface area contributed by atoms with E-state index in [9.17, 15) is 4.79 Å². The second kappa shape index (κ2) is 5.58. The zero-order valence-corrected chi connectivity index (χ0v) is 9.17. The average molecular weight is 229 g/mol. The lowest BCUT2D eigenvalue weighted by atomic mass is 10.2. The fourth-order valence-electron chi connectivity index (χ4n) is 1.05. The van der Waals surface area contributed by atoms with Gasteiger partial charge in [-0.3, -0.25) is 4.79 Å². The molecule has 1 aromatic rings. The van der Waals surface area contributed by atoms with Gasteiger partial charge in [0.2, 0.25) is 5.91 Å². The van der Waals surface area contributed by atoms with Crippen LogP contribution < -0.4 is 11.1 Å². The Morgan fingerprint density at radius 1 is 1.60 bits per heavy atom. The van der Waals surface area contributed by atoms with E-state index >= 15 is 0 Å². The lowest BCUT2D eigenvalue weighted by Crippen LogP contribution is -2.14. The summed E-state index contributed by atoms with van der Waals surface area (Å²) in [6, 6.07) is 4.93. The summed E-state index contributed by atoms with van der Waals surface area (Å²) in [4.78, 5) is 11.3. The summed E-state index contributed by atoms with van der Waals surface area (Å²) in [5, 5.41) is 3.12. The Bertz CT molecular complexity index is 355. The monoisotopic (exact) mass is 228 g/mol. The molecule has 0 radical (unpaired) electrons. The van der Waals surface area contributed by atoms with Gasteiger partial charge in [-0.2, -0.15) is 0 Å². The van der Waals surface area contributed by atoms with Crippen molar-refractivity contribution in [2.24, 2.45) is 0 Å². The number of ether oxygens (including phenoxy) is 1. The third kappa shape index (κ3) is 3.77. The van der Waals surface area contributed by atoms with Gasteiger partial charge in [0.15, 0.2) is 0 Å². The predicted octanol–water partition coefficient (Wildman–Crippen LogP) is 1.90. The van der Waals surface area contributed by atoms with Crippen LogP contribution in [-0.2, 0) is 9.53 Å². The molecule has 0 heterocycles. The first-order valence-corrected chi connectivity index (χ1v) is 4.85. The number of nitrogens with two attached hydrogens (primary N) is 1. The van der Waals surface area contributed by atoms with E-state index in [4.69, 9.17) is 22.1 Å². The lowest BCUT2D eigenvalue weighted by Gasteiger charge is -2.07. The molecule has 0 atom stereocenters. The number of nitrogens with one attached hydrogen (secondary N) is 1. The van der Waals surface area contributed by atoms with Crippen LogP contribution in [0.5, 0.6) is 0 Å². The molecule has 0 aromatic heterocycles. The molecule has 1 rings (SSSR count). The molecule has 0 fully saturated rings. The van der Waals surface area contributed by atoms with Gasteiger partial charge in [0, 0.05) is 12.8 Å². The normalized spacial score (nSPS) is 10.0. The van der Waals surface area contributed by atoms with E-state index < -0.39 is 0 Å². The highest BCUT2D eigenvalue weighted by Crippen LogP contribution is 2.23. The summed E-state index contributed by atoms with van der Waals surface area (Å²) in [7, 11) is 1.54. The number of benzene rings is 1. The summed E-state index contributed by atoms with van der Waals surface area (Å²) in [6.45, 7) is 0.381. The second-order valence-corrected chi connectivity index (χ2v) is 3.44. The number of anilines is 2. The molecule has 0 aliphatic rings. The summed E-state index contributed by atoms with van der Waals surface area (Å²) in [5.74, 6) is -0.149. The lowest BCUT2D eigenvalue weighted by molar-refractivity contribution is -0.117. The first-order chi connectivity index (χ1) is 7.13. The van der Waals surface area contributed by atoms with Crippen molar-refractivity contribution in [3.8, 4) is 0 Å². The van der Waals surface area contributed by atoms with Crippen molar-refractivity contribution in [3.63, 3.8) is 0 Å². The van der Waals surface area contributed by atoms with E-state index in [2.05, 4.69) is 5.32 Å². The van der Waals surface area contributed by atoms with Crippen molar-refractivity contribution < 1.29 is 9.53 Å². The van der Waals surface area contributed by atoms with Crippen LogP contribution in [0.4, 0.5) is 11.4 Å². The maximum atomic E-state index is 11.3. The minimum Gasteiger partial charge on any atom is -0.399 e. The molecule has 0 unspecified atom stereocenters. The number of methoxy groups -OCH3 is 1. The first-order valence-electron chi connectivity index (χ1n) is 4.47. The van der Waals surface area contributed by atoms with Crippen LogP contribution >= 0.6 is 11.6 Å². The molecule has 0 saturated heterocycles. The van der Waals surface area contributed by atoms with E-state index in [0.29, 0.717) is 29.4 Å². The molecular weight excluding hydrogens is 216 g/mol. The van der Waals surface area contributed by atoms with Gasteiger partial charge in [0.1, 0.15) is 0 Å². The van der Waals surface area contributed by atoms with Crippen LogP contribution in [0.25, 0.3) is 0 Å². The van der Waals surface area contributed by atoms with Crippen LogP contribution in [0, 0.1) is 0 Å². The Balaban J connectivity index is 2.63. The number of carbonyl (C=O) groups is 1. The molecule has 5 heteroatoms. The van der Waals surface area contributed by atoms with E-state index in [-0.39, 0.29) is 5.91 Å². The van der Waals surface area contributed by atoms with Crippen molar-refractivity contribution in [3.05, 3.63) is 23.2 Å². The summed E-state index contributed by atoms with van der Waals surface area (Å²) < 4.78 is 4.79. The van der Waals surface area contributed by atoms with E-state index in [1.807, 2.05) is 0 Å². The van der Waals surface area contributed by atoms with Crippen LogP contribution in [-0.4, -0.2) is 19.6 Å². The quantitative estimate of drug-likeness (QED) is 0.774. The van der Waals surface area contributed by atoms with Crippen LogP contribution in [0.1, 0.15) is 6.42 Å². The van der Waals surface area contributed by atoms with Gasteiger partial charge in [0.05, 0.1) is 23.7 Å².